The van der Waals surface area contributed by atoms with Gasteiger partial charge in [0.25, 0.3) is 5.09 Å². The molecule has 0 saturated carbocycles. The quantitative estimate of drug-likeness (QED) is 0.276. The molecule has 0 aliphatic carbocycles. The van der Waals surface area contributed by atoms with Gasteiger partial charge in [0.2, 0.25) is 0 Å². The van der Waals surface area contributed by atoms with Crippen LogP contribution in [0.4, 0.5) is 16.2 Å². The zero-order valence-corrected chi connectivity index (χ0v) is 14.9. The van der Waals surface area contributed by atoms with Crippen LogP contribution in [0.2, 0.25) is 5.15 Å². The zero-order chi connectivity index (χ0) is 15.7. The normalized spacial score (nSPS) is 8.22. The molecule has 0 fully saturated rings. The molecule has 6 N–H and O–H groups in total. The van der Waals surface area contributed by atoms with Gasteiger partial charge in [-0.1, -0.05) is 29.8 Å². The maximum absolute atomic E-state index is 11.6. The minimum Gasteiger partial charge on any atom is -1.00 e. The summed E-state index contributed by atoms with van der Waals surface area (Å²) in [7, 11) is 0. The number of urea groups is 1. The molecule has 122 valence electrons. The van der Waals surface area contributed by atoms with Crippen molar-refractivity contribution in [2.24, 2.45) is 0 Å². The summed E-state index contributed by atoms with van der Waals surface area (Å²) in [6.45, 7) is 0. The first kappa shape index (κ1) is 23.6. The number of anilines is 2. The average Bonchev–Trinajstić information content (AvgIpc) is 2.39. The summed E-state index contributed by atoms with van der Waals surface area (Å²) < 4.78 is 0. The molecule has 2 amide bonds. The SMILES string of the molecule is N.O=C(Nc1ccccc1)Nc1ccnc(Cl)c1.O=[N+]([O-])O.[Ca+2].[H-].[H-]. The van der Waals surface area contributed by atoms with Crippen molar-refractivity contribution >= 4 is 66.7 Å². The largest absolute Gasteiger partial charge is 2.00 e. The Morgan fingerprint density at radius 3 is 2.26 bits per heavy atom. The van der Waals surface area contributed by atoms with Gasteiger partial charge >= 0.3 is 43.8 Å². The van der Waals surface area contributed by atoms with Gasteiger partial charge in [0.05, 0.1) is 0 Å². The van der Waals surface area contributed by atoms with E-state index in [4.69, 9.17) is 26.9 Å². The molecule has 2 rings (SSSR count). The average molecular weight is 370 g/mol. The van der Waals surface area contributed by atoms with E-state index in [1.165, 1.54) is 6.20 Å². The smallest absolute Gasteiger partial charge is 1.00 e. The van der Waals surface area contributed by atoms with Gasteiger partial charge in [-0.05, 0) is 24.3 Å². The van der Waals surface area contributed by atoms with E-state index in [1.807, 2.05) is 18.2 Å². The van der Waals surface area contributed by atoms with Crippen LogP contribution in [0.5, 0.6) is 0 Å². The Bertz CT molecular complexity index is 623. The molecule has 0 atom stereocenters. The Labute approximate surface area is 169 Å². The number of pyridine rings is 1. The van der Waals surface area contributed by atoms with E-state index < -0.39 is 5.09 Å². The van der Waals surface area contributed by atoms with Gasteiger partial charge in [0, 0.05) is 17.6 Å². The van der Waals surface area contributed by atoms with Gasteiger partial charge in [-0.3, -0.25) is 0 Å². The summed E-state index contributed by atoms with van der Waals surface area (Å²) in [5, 5.41) is 19.3. The number of aromatic nitrogens is 1. The predicted octanol–water partition coefficient (Wildman–Crippen LogP) is 3.04. The summed E-state index contributed by atoms with van der Waals surface area (Å²) in [6.07, 6.45) is 1.53. The Morgan fingerprint density at radius 1 is 1.22 bits per heavy atom. The first-order chi connectivity index (χ1) is 9.97. The standard InChI is InChI=1S/C12H10ClN3O.Ca.HNO3.H3N.2H/c13-11-8-10(6-7-14-11)16-12(17)15-9-4-2-1-3-5-9;;2-1(3)4;;;/h1-8H,(H2,14,15,16,17);;(H,2,3,4);1H3;;/q;+2;;;2*-1. The third-order valence-corrected chi connectivity index (χ3v) is 2.22. The summed E-state index contributed by atoms with van der Waals surface area (Å²) in [5.74, 6) is 0. The molecule has 0 unspecified atom stereocenters. The van der Waals surface area contributed by atoms with E-state index in [9.17, 15) is 4.79 Å². The van der Waals surface area contributed by atoms with Gasteiger partial charge < -0.3 is 24.8 Å². The van der Waals surface area contributed by atoms with E-state index >= 15 is 0 Å². The first-order valence-corrected chi connectivity index (χ1v) is 5.93. The minimum absolute atomic E-state index is 0. The van der Waals surface area contributed by atoms with E-state index in [1.54, 1.807) is 24.3 Å². The molecule has 1 heterocycles. The molecule has 0 aliphatic rings. The third-order valence-electron chi connectivity index (χ3n) is 2.02. The number of benzene rings is 1. The van der Waals surface area contributed by atoms with Crippen LogP contribution in [0, 0.1) is 10.1 Å². The number of para-hydroxylation sites is 1. The van der Waals surface area contributed by atoms with Gasteiger partial charge in [0.1, 0.15) is 5.15 Å². The molecule has 1 aromatic carbocycles. The van der Waals surface area contributed by atoms with Crippen LogP contribution >= 0.6 is 11.6 Å². The number of nitrogens with zero attached hydrogens (tertiary/aromatic N) is 2. The maximum Gasteiger partial charge on any atom is 2.00 e. The zero-order valence-electron chi connectivity index (χ0n) is 14.0. The summed E-state index contributed by atoms with van der Waals surface area (Å²) in [5.41, 5.74) is 1.32. The van der Waals surface area contributed by atoms with Crippen molar-refractivity contribution in [2.75, 3.05) is 10.6 Å². The first-order valence-electron chi connectivity index (χ1n) is 5.55. The third kappa shape index (κ3) is 11.6. The van der Waals surface area contributed by atoms with Crippen LogP contribution in [-0.4, -0.2) is 59.0 Å². The molecular formula is C12H16CaClN5O4. The minimum atomic E-state index is -1.50. The fourth-order valence-corrected chi connectivity index (χ4v) is 1.47. The van der Waals surface area contributed by atoms with Crippen LogP contribution in [0.3, 0.4) is 0 Å². The molecule has 0 spiro atoms. The molecular weight excluding hydrogens is 354 g/mol. The fourth-order valence-electron chi connectivity index (χ4n) is 1.30. The fraction of sp³-hybridized carbons (Fsp3) is 0. The van der Waals surface area contributed by atoms with Crippen molar-refractivity contribution < 1.29 is 17.9 Å². The number of carbonyl (C=O) groups is 1. The number of carbonyl (C=O) groups excluding carboxylic acids is 1. The second kappa shape index (κ2) is 12.9. The van der Waals surface area contributed by atoms with Crippen molar-refractivity contribution in [3.8, 4) is 0 Å². The Morgan fingerprint density at radius 2 is 1.74 bits per heavy atom. The topological polar surface area (TPSA) is 152 Å². The molecule has 0 bridgehead atoms. The monoisotopic (exact) mass is 369 g/mol. The molecule has 2 aromatic rings. The van der Waals surface area contributed by atoms with Crippen LogP contribution in [0.25, 0.3) is 0 Å². The predicted molar refractivity (Wildman–Crippen MR) is 90.1 cm³/mol. The number of amides is 2. The molecule has 0 radical (unpaired) electrons. The van der Waals surface area contributed by atoms with E-state index in [2.05, 4.69) is 15.6 Å². The van der Waals surface area contributed by atoms with Gasteiger partial charge in [0.15, 0.2) is 0 Å². The second-order valence-corrected chi connectivity index (χ2v) is 3.94. The Hall–Kier alpha value is -1.65. The van der Waals surface area contributed by atoms with Crippen LogP contribution in [-0.2, 0) is 0 Å². The number of hydrogen-bond donors (Lipinski definition) is 4. The summed E-state index contributed by atoms with van der Waals surface area (Å²) in [6, 6.07) is 12.1. The van der Waals surface area contributed by atoms with E-state index in [0.717, 1.165) is 5.69 Å². The van der Waals surface area contributed by atoms with Crippen molar-refractivity contribution in [3.63, 3.8) is 0 Å². The molecule has 23 heavy (non-hydrogen) atoms. The molecule has 1 aromatic heterocycles. The summed E-state index contributed by atoms with van der Waals surface area (Å²) >= 11 is 5.71. The van der Waals surface area contributed by atoms with E-state index in [-0.39, 0.29) is 52.8 Å². The van der Waals surface area contributed by atoms with Gasteiger partial charge in [-0.2, -0.15) is 0 Å². The Balaban J connectivity index is -0.000000251. The van der Waals surface area contributed by atoms with Crippen LogP contribution in [0.1, 0.15) is 2.85 Å². The molecule has 0 saturated heterocycles. The van der Waals surface area contributed by atoms with Crippen molar-refractivity contribution in [1.29, 1.82) is 0 Å². The van der Waals surface area contributed by atoms with Crippen molar-refractivity contribution in [2.45, 2.75) is 0 Å². The number of hydrogen-bond acceptors (Lipinski definition) is 5. The number of rotatable bonds is 2. The second-order valence-electron chi connectivity index (χ2n) is 3.55. The van der Waals surface area contributed by atoms with Crippen molar-refractivity contribution in [1.82, 2.24) is 11.1 Å². The maximum atomic E-state index is 11.6. The number of nitrogens with one attached hydrogen (secondary N) is 2. The summed E-state index contributed by atoms with van der Waals surface area (Å²) in [4.78, 5) is 23.8. The Kier molecular flexibility index (Phi) is 13.2. The number of halogens is 1. The van der Waals surface area contributed by atoms with Gasteiger partial charge in [-0.25, -0.2) is 9.78 Å². The molecule has 11 heteroatoms. The van der Waals surface area contributed by atoms with E-state index in [0.29, 0.717) is 10.8 Å². The molecule has 0 aliphatic heterocycles. The van der Waals surface area contributed by atoms with Crippen molar-refractivity contribution in [3.05, 3.63) is 63.9 Å². The van der Waals surface area contributed by atoms with Gasteiger partial charge in [-0.15, -0.1) is 10.1 Å². The molecule has 9 nitrogen and oxygen atoms in total. The van der Waals surface area contributed by atoms with Crippen LogP contribution in [0.15, 0.2) is 48.7 Å². The van der Waals surface area contributed by atoms with Crippen LogP contribution < -0.4 is 16.8 Å².